The Hall–Kier alpha value is -2.89. The van der Waals surface area contributed by atoms with E-state index in [2.05, 4.69) is 81.5 Å². The molecule has 0 saturated heterocycles. The Kier molecular flexibility index (Phi) is 62.2. The smallest absolute Gasteiger partial charge is 0.306 e. The van der Waals surface area contributed by atoms with Crippen molar-refractivity contribution in [3.05, 3.63) is 60.8 Å². The lowest BCUT2D eigenvalue weighted by Crippen LogP contribution is -2.30. The van der Waals surface area contributed by atoms with Gasteiger partial charge in [0, 0.05) is 19.3 Å². The van der Waals surface area contributed by atoms with Gasteiger partial charge in [-0.15, -0.1) is 0 Å². The van der Waals surface area contributed by atoms with Gasteiger partial charge in [0.2, 0.25) is 0 Å². The van der Waals surface area contributed by atoms with Crippen molar-refractivity contribution in [2.45, 2.75) is 354 Å². The van der Waals surface area contributed by atoms with Gasteiger partial charge in [-0.25, -0.2) is 0 Å². The Morgan fingerprint density at radius 1 is 0.276 bits per heavy atom. The molecule has 0 aliphatic rings. The Morgan fingerprint density at radius 3 is 0.803 bits per heavy atom. The van der Waals surface area contributed by atoms with Crippen molar-refractivity contribution >= 4 is 17.9 Å². The molecule has 0 aromatic carbocycles. The number of allylic oxidation sites excluding steroid dienone is 10. The van der Waals surface area contributed by atoms with Gasteiger partial charge in [0.1, 0.15) is 13.2 Å². The second-order valence-corrected chi connectivity index (χ2v) is 22.4. The van der Waals surface area contributed by atoms with E-state index in [9.17, 15) is 14.4 Å². The number of ether oxygens (including phenoxy) is 3. The molecule has 6 nitrogen and oxygen atoms in total. The molecule has 1 unspecified atom stereocenters. The first-order valence-corrected chi connectivity index (χ1v) is 33.3. The summed E-state index contributed by atoms with van der Waals surface area (Å²) in [4.78, 5) is 38.2. The van der Waals surface area contributed by atoms with Gasteiger partial charge in [-0.3, -0.25) is 14.4 Å². The van der Waals surface area contributed by atoms with Crippen LogP contribution >= 0.6 is 0 Å². The van der Waals surface area contributed by atoms with E-state index >= 15 is 0 Å². The van der Waals surface area contributed by atoms with Gasteiger partial charge < -0.3 is 14.2 Å². The summed E-state index contributed by atoms with van der Waals surface area (Å²) >= 11 is 0. The van der Waals surface area contributed by atoms with E-state index in [1.54, 1.807) is 0 Å². The molecule has 0 amide bonds. The Bertz CT molecular complexity index is 1360. The van der Waals surface area contributed by atoms with E-state index in [1.165, 1.54) is 218 Å². The molecule has 0 aromatic rings. The van der Waals surface area contributed by atoms with Crippen molar-refractivity contribution < 1.29 is 28.6 Å². The van der Waals surface area contributed by atoms with Crippen LogP contribution < -0.4 is 0 Å². The Morgan fingerprint density at radius 2 is 0.513 bits per heavy atom. The van der Waals surface area contributed by atoms with Crippen molar-refractivity contribution in [2.75, 3.05) is 13.2 Å². The molecule has 442 valence electrons. The summed E-state index contributed by atoms with van der Waals surface area (Å²) in [6, 6.07) is 0. The highest BCUT2D eigenvalue weighted by atomic mass is 16.6. The number of carbonyl (C=O) groups excluding carboxylic acids is 3. The second-order valence-electron chi connectivity index (χ2n) is 22.4. The van der Waals surface area contributed by atoms with Crippen molar-refractivity contribution in [1.29, 1.82) is 0 Å². The molecule has 0 bridgehead atoms. The van der Waals surface area contributed by atoms with Crippen LogP contribution in [-0.2, 0) is 28.6 Å². The molecule has 0 saturated carbocycles. The molecular weight excluding hydrogens is 937 g/mol. The maximum atomic E-state index is 12.9. The SMILES string of the molecule is CC/C=C\C/C=C\C/C=C\C/C=C\C/C=C\CCCCCCCCCCCCCCCC(=O)OCC(COC(=O)CCCCCCCCCC)OC(=O)CCCCCCCCCCCCCCCCCCCCCCC. The maximum Gasteiger partial charge on any atom is 0.306 e. The first-order valence-electron chi connectivity index (χ1n) is 33.3. The quantitative estimate of drug-likeness (QED) is 0.0261. The van der Waals surface area contributed by atoms with Crippen LogP contribution in [0.2, 0.25) is 0 Å². The van der Waals surface area contributed by atoms with E-state index in [0.717, 1.165) is 89.9 Å². The van der Waals surface area contributed by atoms with Crippen LogP contribution in [0.1, 0.15) is 348 Å². The lowest BCUT2D eigenvalue weighted by atomic mass is 10.0. The highest BCUT2D eigenvalue weighted by Gasteiger charge is 2.19. The van der Waals surface area contributed by atoms with Crippen molar-refractivity contribution in [3.63, 3.8) is 0 Å². The van der Waals surface area contributed by atoms with E-state index in [1.807, 2.05) is 0 Å². The first kappa shape index (κ1) is 73.1. The van der Waals surface area contributed by atoms with Crippen LogP contribution in [0.15, 0.2) is 60.8 Å². The molecule has 1 atom stereocenters. The van der Waals surface area contributed by atoms with Gasteiger partial charge in [-0.2, -0.15) is 0 Å². The summed E-state index contributed by atoms with van der Waals surface area (Å²) in [5.74, 6) is -0.853. The molecular formula is C70H126O6. The number of carbonyl (C=O) groups is 3. The van der Waals surface area contributed by atoms with E-state index in [-0.39, 0.29) is 31.1 Å². The number of hydrogen-bond donors (Lipinski definition) is 0. The molecule has 0 fully saturated rings. The van der Waals surface area contributed by atoms with Gasteiger partial charge in [0.25, 0.3) is 0 Å². The van der Waals surface area contributed by atoms with Gasteiger partial charge in [-0.1, -0.05) is 326 Å². The summed E-state index contributed by atoms with van der Waals surface area (Å²) in [7, 11) is 0. The fourth-order valence-corrected chi connectivity index (χ4v) is 9.83. The minimum atomic E-state index is -0.769. The zero-order valence-corrected chi connectivity index (χ0v) is 50.8. The van der Waals surface area contributed by atoms with Crippen molar-refractivity contribution in [1.82, 2.24) is 0 Å². The van der Waals surface area contributed by atoms with Crippen LogP contribution in [0.25, 0.3) is 0 Å². The van der Waals surface area contributed by atoms with Crippen LogP contribution in [-0.4, -0.2) is 37.2 Å². The fourth-order valence-electron chi connectivity index (χ4n) is 9.83. The third-order valence-electron chi connectivity index (χ3n) is 14.8. The predicted molar refractivity (Wildman–Crippen MR) is 330 cm³/mol. The largest absolute Gasteiger partial charge is 0.462 e. The summed E-state index contributed by atoms with van der Waals surface area (Å²) < 4.78 is 16.9. The number of hydrogen-bond acceptors (Lipinski definition) is 6. The molecule has 6 heteroatoms. The summed E-state index contributed by atoms with van der Waals surface area (Å²) in [5, 5.41) is 0. The van der Waals surface area contributed by atoms with E-state index in [4.69, 9.17) is 14.2 Å². The average molecular weight is 1060 g/mol. The molecule has 0 aliphatic heterocycles. The third kappa shape index (κ3) is 62.0. The summed E-state index contributed by atoms with van der Waals surface area (Å²) in [6.45, 7) is 6.55. The molecule has 76 heavy (non-hydrogen) atoms. The zero-order valence-electron chi connectivity index (χ0n) is 50.8. The zero-order chi connectivity index (χ0) is 55.0. The number of esters is 3. The monoisotopic (exact) mass is 1060 g/mol. The molecule has 0 aromatic heterocycles. The normalized spacial score (nSPS) is 12.4. The second kappa shape index (κ2) is 64.6. The Labute approximate surface area is 472 Å². The third-order valence-corrected chi connectivity index (χ3v) is 14.8. The predicted octanol–water partition coefficient (Wildman–Crippen LogP) is 22.7. The average Bonchev–Trinajstić information content (AvgIpc) is 3.42. The fraction of sp³-hybridized carbons (Fsp3) is 0.814. The van der Waals surface area contributed by atoms with Gasteiger partial charge in [0.05, 0.1) is 0 Å². The molecule has 0 rings (SSSR count). The van der Waals surface area contributed by atoms with E-state index in [0.29, 0.717) is 19.3 Å². The Balaban J connectivity index is 4.10. The minimum Gasteiger partial charge on any atom is -0.462 e. The summed E-state index contributed by atoms with van der Waals surface area (Å²) in [5.41, 5.74) is 0. The number of unbranched alkanes of at least 4 members (excludes halogenated alkanes) is 40. The molecule has 0 heterocycles. The summed E-state index contributed by atoms with van der Waals surface area (Å²) in [6.07, 6.45) is 82.6. The van der Waals surface area contributed by atoms with E-state index < -0.39 is 6.10 Å². The van der Waals surface area contributed by atoms with Crippen molar-refractivity contribution in [2.24, 2.45) is 0 Å². The van der Waals surface area contributed by atoms with Gasteiger partial charge in [-0.05, 0) is 64.2 Å². The molecule has 0 spiro atoms. The standard InChI is InChI=1S/C70H126O6/c1-4-7-10-13-16-19-21-23-25-27-29-31-32-33-34-35-36-37-38-40-41-43-45-47-49-51-54-57-60-63-69(72)75-66-67(65-74-68(71)62-59-56-53-18-15-12-9-6-3)76-70(73)64-61-58-55-52-50-48-46-44-42-39-30-28-26-24-22-20-17-14-11-8-5-2/h7,10,16,19,23,25,29,31,33-34,67H,4-6,8-9,11-15,17-18,20-22,24,26-28,30,32,35-66H2,1-3H3/b10-7-,19-16-,25-23-,31-29-,34-33-. The molecule has 0 aliphatic carbocycles. The van der Waals surface area contributed by atoms with Crippen LogP contribution in [0.3, 0.4) is 0 Å². The van der Waals surface area contributed by atoms with Crippen LogP contribution in [0.4, 0.5) is 0 Å². The lowest BCUT2D eigenvalue weighted by molar-refractivity contribution is -0.167. The van der Waals surface area contributed by atoms with Crippen molar-refractivity contribution in [3.8, 4) is 0 Å². The van der Waals surface area contributed by atoms with Gasteiger partial charge in [0.15, 0.2) is 6.10 Å². The highest BCUT2D eigenvalue weighted by molar-refractivity contribution is 5.71. The minimum absolute atomic E-state index is 0.0688. The first-order chi connectivity index (χ1) is 37.5. The maximum absolute atomic E-state index is 12.9. The van der Waals surface area contributed by atoms with Crippen LogP contribution in [0, 0.1) is 0 Å². The lowest BCUT2D eigenvalue weighted by Gasteiger charge is -2.18. The number of rotatable bonds is 61. The van der Waals surface area contributed by atoms with Gasteiger partial charge >= 0.3 is 17.9 Å². The molecule has 0 radical (unpaired) electrons. The topological polar surface area (TPSA) is 78.9 Å². The highest BCUT2D eigenvalue weighted by Crippen LogP contribution is 2.18. The van der Waals surface area contributed by atoms with Crippen LogP contribution in [0.5, 0.6) is 0 Å². The molecule has 0 N–H and O–H groups in total.